The second kappa shape index (κ2) is 4.46. The normalized spacial score (nSPS) is 22.2. The van der Waals surface area contributed by atoms with E-state index in [0.29, 0.717) is 12.3 Å². The lowest BCUT2D eigenvalue weighted by molar-refractivity contribution is -0.111. The summed E-state index contributed by atoms with van der Waals surface area (Å²) in [5, 5.41) is -0.248. The molecule has 0 aromatic rings. The van der Waals surface area contributed by atoms with Crippen molar-refractivity contribution in [2.45, 2.75) is 26.2 Å². The van der Waals surface area contributed by atoms with Gasteiger partial charge < -0.3 is 0 Å². The molecule has 1 unspecified atom stereocenters. The van der Waals surface area contributed by atoms with Gasteiger partial charge in [-0.2, -0.15) is 0 Å². The van der Waals surface area contributed by atoms with Gasteiger partial charge in [0.1, 0.15) is 0 Å². The number of hydrogen-bond donors (Lipinski definition) is 0. The van der Waals surface area contributed by atoms with Crippen LogP contribution in [0.25, 0.3) is 0 Å². The lowest BCUT2D eigenvalue weighted by Crippen LogP contribution is -1.96. The van der Waals surface area contributed by atoms with Crippen LogP contribution in [0.5, 0.6) is 0 Å². The van der Waals surface area contributed by atoms with E-state index in [4.69, 9.17) is 11.6 Å². The number of carbonyl (C=O) groups is 1. The van der Waals surface area contributed by atoms with Crippen molar-refractivity contribution in [1.82, 2.24) is 0 Å². The molecule has 0 spiro atoms. The Kier molecular flexibility index (Phi) is 3.54. The van der Waals surface area contributed by atoms with Gasteiger partial charge >= 0.3 is 0 Å². The highest BCUT2D eigenvalue weighted by Gasteiger charge is 2.05. The predicted octanol–water partition coefficient (Wildman–Crippen LogP) is 3.05. The molecule has 1 nitrogen and oxygen atoms in total. The molecule has 0 bridgehead atoms. The van der Waals surface area contributed by atoms with Crippen molar-refractivity contribution in [1.29, 1.82) is 0 Å². The van der Waals surface area contributed by atoms with E-state index in [9.17, 15) is 4.79 Å². The first kappa shape index (κ1) is 9.53. The minimum absolute atomic E-state index is 0.248. The molecule has 0 aromatic carbocycles. The Bertz CT molecular complexity index is 228. The summed E-state index contributed by atoms with van der Waals surface area (Å²) >= 11 is 5.24. The van der Waals surface area contributed by atoms with Crippen LogP contribution in [0.1, 0.15) is 26.2 Å². The minimum Gasteiger partial charge on any atom is -0.281 e. The van der Waals surface area contributed by atoms with Gasteiger partial charge in [-0.25, -0.2) is 0 Å². The molecule has 0 aromatic heterocycles. The van der Waals surface area contributed by atoms with Crippen molar-refractivity contribution in [3.05, 3.63) is 23.8 Å². The van der Waals surface area contributed by atoms with Crippen molar-refractivity contribution >= 4 is 16.8 Å². The first-order chi connectivity index (χ1) is 5.68. The van der Waals surface area contributed by atoms with Crippen molar-refractivity contribution in [3.63, 3.8) is 0 Å². The molecule has 1 aliphatic carbocycles. The highest BCUT2D eigenvalue weighted by molar-refractivity contribution is 6.63. The first-order valence-electron chi connectivity index (χ1n) is 4.24. The minimum atomic E-state index is -0.248. The molecule has 0 heterocycles. The topological polar surface area (TPSA) is 17.1 Å². The third kappa shape index (κ3) is 3.22. The Morgan fingerprint density at radius 1 is 1.75 bits per heavy atom. The summed E-state index contributed by atoms with van der Waals surface area (Å²) < 4.78 is 0. The lowest BCUT2D eigenvalue weighted by Gasteiger charge is -2.10. The van der Waals surface area contributed by atoms with E-state index >= 15 is 0 Å². The largest absolute Gasteiger partial charge is 0.281 e. The molecule has 1 atom stereocenters. The van der Waals surface area contributed by atoms with Crippen molar-refractivity contribution < 1.29 is 4.79 Å². The summed E-state index contributed by atoms with van der Waals surface area (Å²) in [5.41, 5.74) is 1.24. The first-order valence-corrected chi connectivity index (χ1v) is 4.62. The molecular formula is C10H13ClO. The lowest BCUT2D eigenvalue weighted by atomic mass is 9.96. The fourth-order valence-electron chi connectivity index (χ4n) is 1.33. The van der Waals surface area contributed by atoms with Crippen LogP contribution >= 0.6 is 11.6 Å². The summed E-state index contributed by atoms with van der Waals surface area (Å²) in [6, 6.07) is 0. The van der Waals surface area contributed by atoms with E-state index in [-0.39, 0.29) is 5.24 Å². The Morgan fingerprint density at radius 2 is 2.50 bits per heavy atom. The van der Waals surface area contributed by atoms with Crippen LogP contribution in [-0.4, -0.2) is 5.24 Å². The van der Waals surface area contributed by atoms with Gasteiger partial charge in [0, 0.05) is 6.42 Å². The maximum absolute atomic E-state index is 10.5. The number of rotatable bonds is 3. The summed E-state index contributed by atoms with van der Waals surface area (Å²) in [6.07, 6.45) is 8.78. The fourth-order valence-corrected chi connectivity index (χ4v) is 1.43. The van der Waals surface area contributed by atoms with Gasteiger partial charge in [0.15, 0.2) is 0 Å². The molecule has 1 rings (SSSR count). The van der Waals surface area contributed by atoms with Crippen LogP contribution < -0.4 is 0 Å². The van der Waals surface area contributed by atoms with Crippen LogP contribution in [-0.2, 0) is 4.79 Å². The van der Waals surface area contributed by atoms with Crippen LogP contribution in [0.4, 0.5) is 0 Å². The average molecular weight is 185 g/mol. The van der Waals surface area contributed by atoms with Gasteiger partial charge in [-0.3, -0.25) is 4.79 Å². The van der Waals surface area contributed by atoms with Crippen LogP contribution in [0.2, 0.25) is 0 Å². The zero-order chi connectivity index (χ0) is 8.97. The second-order valence-electron chi connectivity index (χ2n) is 3.21. The maximum atomic E-state index is 10.5. The van der Waals surface area contributed by atoms with Gasteiger partial charge in [0.2, 0.25) is 5.24 Å². The van der Waals surface area contributed by atoms with Crippen molar-refractivity contribution in [3.8, 4) is 0 Å². The number of allylic oxidation sites excluding steroid dienone is 4. The summed E-state index contributed by atoms with van der Waals surface area (Å²) in [4.78, 5) is 10.5. The molecule has 0 amide bonds. The van der Waals surface area contributed by atoms with Gasteiger partial charge in [-0.15, -0.1) is 0 Å². The zero-order valence-corrected chi connectivity index (χ0v) is 7.97. The quantitative estimate of drug-likeness (QED) is 0.617. The molecule has 0 N–H and O–H groups in total. The molecule has 0 aliphatic heterocycles. The summed E-state index contributed by atoms with van der Waals surface area (Å²) in [7, 11) is 0. The van der Waals surface area contributed by atoms with Gasteiger partial charge in [0.05, 0.1) is 0 Å². The predicted molar refractivity (Wildman–Crippen MR) is 51.1 cm³/mol. The third-order valence-corrected chi connectivity index (χ3v) is 2.14. The van der Waals surface area contributed by atoms with E-state index in [2.05, 4.69) is 25.2 Å². The molecule has 0 saturated heterocycles. The Hall–Kier alpha value is -0.560. The van der Waals surface area contributed by atoms with Crippen molar-refractivity contribution in [2.24, 2.45) is 5.92 Å². The van der Waals surface area contributed by atoms with E-state index in [0.717, 1.165) is 12.8 Å². The molecular weight excluding hydrogens is 172 g/mol. The second-order valence-corrected chi connectivity index (χ2v) is 3.63. The molecule has 0 radical (unpaired) electrons. The smallest absolute Gasteiger partial charge is 0.221 e. The zero-order valence-electron chi connectivity index (χ0n) is 7.22. The van der Waals surface area contributed by atoms with Crippen LogP contribution in [0.15, 0.2) is 23.8 Å². The SMILES string of the molecule is CC1C=C(CCC(=O)Cl)C=CC1. The molecule has 0 fully saturated rings. The standard InChI is InChI=1S/C10H13ClO/c1-8-3-2-4-9(7-8)5-6-10(11)12/h2,4,7-8H,3,5-6H2,1H3. The maximum Gasteiger partial charge on any atom is 0.221 e. The monoisotopic (exact) mass is 184 g/mol. The van der Waals surface area contributed by atoms with Gasteiger partial charge in [-0.1, -0.05) is 30.7 Å². The van der Waals surface area contributed by atoms with Gasteiger partial charge in [-0.05, 0) is 30.4 Å². The molecule has 66 valence electrons. The number of halogens is 1. The fraction of sp³-hybridized carbons (Fsp3) is 0.500. The number of hydrogen-bond acceptors (Lipinski definition) is 1. The van der Waals surface area contributed by atoms with Crippen LogP contribution in [0, 0.1) is 5.92 Å². The van der Waals surface area contributed by atoms with E-state index in [1.807, 2.05) is 0 Å². The van der Waals surface area contributed by atoms with Crippen LogP contribution in [0.3, 0.4) is 0 Å². The molecule has 2 heteroatoms. The Morgan fingerprint density at radius 3 is 3.08 bits per heavy atom. The summed E-state index contributed by atoms with van der Waals surface area (Å²) in [5.74, 6) is 0.607. The molecule has 12 heavy (non-hydrogen) atoms. The average Bonchev–Trinajstić information content (AvgIpc) is 2.01. The Balaban J connectivity index is 2.41. The number of carbonyl (C=O) groups excluding carboxylic acids is 1. The summed E-state index contributed by atoms with van der Waals surface area (Å²) in [6.45, 7) is 2.17. The van der Waals surface area contributed by atoms with Gasteiger partial charge in [0.25, 0.3) is 0 Å². The van der Waals surface area contributed by atoms with Crippen molar-refractivity contribution in [2.75, 3.05) is 0 Å². The molecule has 1 aliphatic rings. The highest BCUT2D eigenvalue weighted by Crippen LogP contribution is 2.19. The Labute approximate surface area is 78.1 Å². The third-order valence-electron chi connectivity index (χ3n) is 1.95. The van der Waals surface area contributed by atoms with E-state index in [1.54, 1.807) is 0 Å². The van der Waals surface area contributed by atoms with E-state index in [1.165, 1.54) is 5.57 Å². The highest BCUT2D eigenvalue weighted by atomic mass is 35.5. The van der Waals surface area contributed by atoms with E-state index < -0.39 is 0 Å². The molecule has 0 saturated carbocycles.